The number of rotatable bonds is 13. The van der Waals surface area contributed by atoms with E-state index < -0.39 is 0 Å². The Balaban J connectivity index is 2.49. The van der Waals surface area contributed by atoms with Crippen LogP contribution in [0.3, 0.4) is 0 Å². The summed E-state index contributed by atoms with van der Waals surface area (Å²) in [4.78, 5) is 25.5. The molecular formula is C19H29NO6. The van der Waals surface area contributed by atoms with Crippen molar-refractivity contribution in [3.8, 4) is 11.5 Å². The molecule has 1 aromatic carbocycles. The predicted octanol–water partition coefficient (Wildman–Crippen LogP) is 2.18. The van der Waals surface area contributed by atoms with Gasteiger partial charge in [-0.3, -0.25) is 9.59 Å². The molecule has 0 radical (unpaired) electrons. The molecule has 0 fully saturated rings. The highest BCUT2D eigenvalue weighted by molar-refractivity contribution is 5.94. The number of benzene rings is 1. The second-order valence-electron chi connectivity index (χ2n) is 5.74. The molecule has 146 valence electrons. The SMILES string of the molecule is COCCN(CCOC)C(=O)CCCOc1ccc(C(C)=O)cc1OC. The van der Waals surface area contributed by atoms with Crippen molar-refractivity contribution in [2.75, 3.05) is 54.2 Å². The van der Waals surface area contributed by atoms with E-state index in [9.17, 15) is 9.59 Å². The molecule has 0 spiro atoms. The van der Waals surface area contributed by atoms with Crippen molar-refractivity contribution in [3.63, 3.8) is 0 Å². The van der Waals surface area contributed by atoms with E-state index in [0.29, 0.717) is 62.8 Å². The Morgan fingerprint density at radius 2 is 1.62 bits per heavy atom. The van der Waals surface area contributed by atoms with Gasteiger partial charge in [-0.2, -0.15) is 0 Å². The minimum Gasteiger partial charge on any atom is -0.493 e. The molecule has 0 atom stereocenters. The number of methoxy groups -OCH3 is 3. The fraction of sp³-hybridized carbons (Fsp3) is 0.579. The first kappa shape index (κ1) is 21.9. The van der Waals surface area contributed by atoms with Crippen LogP contribution in [0.25, 0.3) is 0 Å². The third kappa shape index (κ3) is 7.41. The Morgan fingerprint density at radius 1 is 0.962 bits per heavy atom. The highest BCUT2D eigenvalue weighted by Gasteiger charge is 2.13. The first-order valence-corrected chi connectivity index (χ1v) is 8.60. The molecule has 0 bridgehead atoms. The fourth-order valence-electron chi connectivity index (χ4n) is 2.33. The van der Waals surface area contributed by atoms with Gasteiger partial charge in [-0.25, -0.2) is 0 Å². The van der Waals surface area contributed by atoms with E-state index in [-0.39, 0.29) is 11.7 Å². The van der Waals surface area contributed by atoms with E-state index in [1.54, 1.807) is 37.3 Å². The number of carbonyl (C=O) groups excluding carboxylic acids is 2. The molecule has 0 heterocycles. The molecule has 0 N–H and O–H groups in total. The molecule has 1 rings (SSSR count). The molecule has 0 unspecified atom stereocenters. The maximum atomic E-state index is 12.3. The van der Waals surface area contributed by atoms with Gasteiger partial charge in [-0.1, -0.05) is 0 Å². The maximum absolute atomic E-state index is 12.3. The summed E-state index contributed by atoms with van der Waals surface area (Å²) in [6.07, 6.45) is 0.953. The van der Waals surface area contributed by atoms with E-state index in [2.05, 4.69) is 0 Å². The summed E-state index contributed by atoms with van der Waals surface area (Å²) >= 11 is 0. The number of hydrogen-bond acceptors (Lipinski definition) is 6. The first-order valence-electron chi connectivity index (χ1n) is 8.60. The van der Waals surface area contributed by atoms with Gasteiger partial charge in [0.25, 0.3) is 0 Å². The third-order valence-corrected chi connectivity index (χ3v) is 3.85. The predicted molar refractivity (Wildman–Crippen MR) is 98.1 cm³/mol. The summed E-state index contributed by atoms with van der Waals surface area (Å²) in [5, 5.41) is 0. The average molecular weight is 367 g/mol. The van der Waals surface area contributed by atoms with Gasteiger partial charge in [0.1, 0.15) is 0 Å². The van der Waals surface area contributed by atoms with Crippen LogP contribution in [0.4, 0.5) is 0 Å². The van der Waals surface area contributed by atoms with E-state index in [1.165, 1.54) is 14.0 Å². The lowest BCUT2D eigenvalue weighted by atomic mass is 10.1. The van der Waals surface area contributed by atoms with Crippen molar-refractivity contribution in [2.45, 2.75) is 19.8 Å². The normalized spacial score (nSPS) is 10.5. The Morgan fingerprint density at radius 3 is 2.15 bits per heavy atom. The number of ketones is 1. The number of hydrogen-bond donors (Lipinski definition) is 0. The molecule has 0 aromatic heterocycles. The van der Waals surface area contributed by atoms with Crippen LogP contribution < -0.4 is 9.47 Å². The van der Waals surface area contributed by atoms with Gasteiger partial charge in [0.2, 0.25) is 5.91 Å². The largest absolute Gasteiger partial charge is 0.493 e. The van der Waals surface area contributed by atoms with Crippen molar-refractivity contribution >= 4 is 11.7 Å². The molecule has 1 amide bonds. The standard InChI is InChI=1S/C19H29NO6/c1-15(21)16-7-8-17(18(14-16)25-4)26-11-5-6-19(22)20(9-12-23-2)10-13-24-3/h7-8,14H,5-6,9-13H2,1-4H3. The number of carbonyl (C=O) groups is 2. The fourth-order valence-corrected chi connectivity index (χ4v) is 2.33. The van der Waals surface area contributed by atoms with E-state index in [4.69, 9.17) is 18.9 Å². The van der Waals surface area contributed by atoms with Gasteiger partial charge >= 0.3 is 0 Å². The number of amides is 1. The lowest BCUT2D eigenvalue weighted by Crippen LogP contribution is -2.36. The average Bonchev–Trinajstić information content (AvgIpc) is 2.65. The number of Topliss-reactive ketones (excluding diaryl/α,β-unsaturated/α-hetero) is 1. The number of ether oxygens (including phenoxy) is 4. The van der Waals surface area contributed by atoms with Gasteiger partial charge in [-0.05, 0) is 31.5 Å². The zero-order valence-corrected chi connectivity index (χ0v) is 16.1. The van der Waals surface area contributed by atoms with Crippen molar-refractivity contribution < 1.29 is 28.5 Å². The quantitative estimate of drug-likeness (QED) is 0.393. The van der Waals surface area contributed by atoms with Gasteiger partial charge in [-0.15, -0.1) is 0 Å². The topological polar surface area (TPSA) is 74.3 Å². The van der Waals surface area contributed by atoms with Crippen LogP contribution in [-0.4, -0.2) is 70.8 Å². The van der Waals surface area contributed by atoms with Crippen molar-refractivity contribution in [1.82, 2.24) is 4.90 Å². The molecule has 0 aliphatic heterocycles. The molecule has 7 heteroatoms. The molecule has 0 aliphatic carbocycles. The molecule has 1 aromatic rings. The summed E-state index contributed by atoms with van der Waals surface area (Å²) in [6, 6.07) is 5.06. The van der Waals surface area contributed by atoms with Gasteiger partial charge in [0, 0.05) is 39.3 Å². The summed E-state index contributed by atoms with van der Waals surface area (Å²) in [5.74, 6) is 1.07. The Hall–Kier alpha value is -2.12. The molecule has 0 aliphatic rings. The van der Waals surface area contributed by atoms with Crippen molar-refractivity contribution in [2.24, 2.45) is 0 Å². The van der Waals surface area contributed by atoms with Crippen LogP contribution in [0.5, 0.6) is 11.5 Å². The Kier molecular flexibility index (Phi) is 10.3. The molecule has 0 saturated carbocycles. The van der Waals surface area contributed by atoms with Crippen LogP contribution in [-0.2, 0) is 14.3 Å². The van der Waals surface area contributed by atoms with Crippen LogP contribution in [0.15, 0.2) is 18.2 Å². The lowest BCUT2D eigenvalue weighted by molar-refractivity contribution is -0.132. The van der Waals surface area contributed by atoms with Gasteiger partial charge in [0.15, 0.2) is 17.3 Å². The van der Waals surface area contributed by atoms with Gasteiger partial charge in [0.05, 0.1) is 26.9 Å². The summed E-state index contributed by atoms with van der Waals surface area (Å²) in [5.41, 5.74) is 0.566. The second-order valence-corrected chi connectivity index (χ2v) is 5.74. The van der Waals surface area contributed by atoms with E-state index in [0.717, 1.165) is 0 Å². The summed E-state index contributed by atoms with van der Waals surface area (Å²) in [6.45, 7) is 3.95. The van der Waals surface area contributed by atoms with E-state index in [1.807, 2.05) is 0 Å². The highest BCUT2D eigenvalue weighted by atomic mass is 16.5. The monoisotopic (exact) mass is 367 g/mol. The van der Waals surface area contributed by atoms with Crippen molar-refractivity contribution in [1.29, 1.82) is 0 Å². The smallest absolute Gasteiger partial charge is 0.222 e. The highest BCUT2D eigenvalue weighted by Crippen LogP contribution is 2.28. The molecule has 0 saturated heterocycles. The van der Waals surface area contributed by atoms with E-state index >= 15 is 0 Å². The zero-order valence-electron chi connectivity index (χ0n) is 16.1. The third-order valence-electron chi connectivity index (χ3n) is 3.85. The maximum Gasteiger partial charge on any atom is 0.222 e. The summed E-state index contributed by atoms with van der Waals surface area (Å²) in [7, 11) is 4.74. The van der Waals surface area contributed by atoms with Crippen molar-refractivity contribution in [3.05, 3.63) is 23.8 Å². The molecule has 7 nitrogen and oxygen atoms in total. The van der Waals surface area contributed by atoms with Crippen LogP contribution in [0, 0.1) is 0 Å². The Labute approximate surface area is 155 Å². The molecule has 26 heavy (non-hydrogen) atoms. The molecular weight excluding hydrogens is 338 g/mol. The van der Waals surface area contributed by atoms with Crippen LogP contribution in [0.2, 0.25) is 0 Å². The van der Waals surface area contributed by atoms with Crippen LogP contribution >= 0.6 is 0 Å². The second kappa shape index (κ2) is 12.3. The minimum absolute atomic E-state index is 0.0346. The zero-order chi connectivity index (χ0) is 19.4. The minimum atomic E-state index is -0.0346. The van der Waals surface area contributed by atoms with Crippen LogP contribution in [0.1, 0.15) is 30.1 Å². The first-order chi connectivity index (χ1) is 12.5. The summed E-state index contributed by atoms with van der Waals surface area (Å²) < 4.78 is 21.0. The lowest BCUT2D eigenvalue weighted by Gasteiger charge is -2.22. The Bertz CT molecular complexity index is 567. The van der Waals surface area contributed by atoms with Gasteiger partial charge < -0.3 is 23.8 Å². The number of nitrogens with zero attached hydrogens (tertiary/aromatic N) is 1.